The SMILES string of the molecule is CC1(C)C(C(=O)O)C1(C)OC=C(Cl)Cl. The minimum Gasteiger partial charge on any atom is -0.491 e. The molecule has 2 atom stereocenters. The van der Waals surface area contributed by atoms with Gasteiger partial charge in [-0.1, -0.05) is 37.0 Å². The van der Waals surface area contributed by atoms with Crippen molar-refractivity contribution in [3.63, 3.8) is 0 Å². The van der Waals surface area contributed by atoms with Crippen LogP contribution in [-0.4, -0.2) is 16.7 Å². The normalized spacial score (nSPS) is 33.4. The highest BCUT2D eigenvalue weighted by Gasteiger charge is 2.74. The van der Waals surface area contributed by atoms with E-state index in [-0.39, 0.29) is 4.49 Å². The quantitative estimate of drug-likeness (QED) is 0.770. The lowest BCUT2D eigenvalue weighted by Gasteiger charge is -2.13. The molecule has 0 amide bonds. The molecule has 0 aromatic heterocycles. The molecule has 1 N–H and O–H groups in total. The fourth-order valence-electron chi connectivity index (χ4n) is 1.87. The van der Waals surface area contributed by atoms with Crippen LogP contribution >= 0.6 is 23.2 Å². The Labute approximate surface area is 92.6 Å². The molecule has 0 aliphatic heterocycles. The lowest BCUT2D eigenvalue weighted by Crippen LogP contribution is -2.15. The summed E-state index contributed by atoms with van der Waals surface area (Å²) in [6.07, 6.45) is 1.17. The van der Waals surface area contributed by atoms with Crippen LogP contribution in [0.5, 0.6) is 0 Å². The monoisotopic (exact) mass is 238 g/mol. The highest BCUT2D eigenvalue weighted by molar-refractivity contribution is 6.55. The van der Waals surface area contributed by atoms with Crippen molar-refractivity contribution in [3.8, 4) is 0 Å². The Morgan fingerprint density at radius 1 is 1.43 bits per heavy atom. The van der Waals surface area contributed by atoms with Crippen LogP contribution in [0.3, 0.4) is 0 Å². The predicted molar refractivity (Wildman–Crippen MR) is 54.2 cm³/mol. The van der Waals surface area contributed by atoms with E-state index in [1.807, 2.05) is 13.8 Å². The fourth-order valence-corrected chi connectivity index (χ4v) is 1.96. The van der Waals surface area contributed by atoms with Crippen molar-refractivity contribution < 1.29 is 14.6 Å². The smallest absolute Gasteiger partial charge is 0.311 e. The molecule has 0 heterocycles. The van der Waals surface area contributed by atoms with Gasteiger partial charge >= 0.3 is 5.97 Å². The average Bonchev–Trinajstić information content (AvgIpc) is 2.43. The molecule has 1 aliphatic rings. The summed E-state index contributed by atoms with van der Waals surface area (Å²) in [6, 6.07) is 0. The van der Waals surface area contributed by atoms with Crippen LogP contribution in [0.15, 0.2) is 10.8 Å². The van der Waals surface area contributed by atoms with Crippen molar-refractivity contribution >= 4 is 29.2 Å². The first-order valence-corrected chi connectivity index (χ1v) is 4.91. The lowest BCUT2D eigenvalue weighted by molar-refractivity contribution is -0.140. The third-order valence-corrected chi connectivity index (χ3v) is 3.29. The van der Waals surface area contributed by atoms with Gasteiger partial charge in [-0.25, -0.2) is 0 Å². The third-order valence-electron chi connectivity index (χ3n) is 3.11. The van der Waals surface area contributed by atoms with Crippen molar-refractivity contribution in [2.75, 3.05) is 0 Å². The molecular weight excluding hydrogens is 227 g/mol. The molecular formula is C9H12Cl2O3. The first-order chi connectivity index (χ1) is 6.23. The van der Waals surface area contributed by atoms with Gasteiger partial charge in [-0.05, 0) is 6.92 Å². The van der Waals surface area contributed by atoms with Gasteiger partial charge in [0.1, 0.15) is 22.3 Å². The summed E-state index contributed by atoms with van der Waals surface area (Å²) in [5.74, 6) is -1.39. The highest BCUT2D eigenvalue weighted by Crippen LogP contribution is 2.64. The van der Waals surface area contributed by atoms with E-state index < -0.39 is 22.9 Å². The molecule has 1 rings (SSSR count). The van der Waals surface area contributed by atoms with Gasteiger partial charge in [0, 0.05) is 5.41 Å². The Hall–Kier alpha value is -0.410. The molecule has 0 spiro atoms. The minimum absolute atomic E-state index is 0.0157. The van der Waals surface area contributed by atoms with Crippen LogP contribution in [0.4, 0.5) is 0 Å². The Morgan fingerprint density at radius 2 is 1.93 bits per heavy atom. The molecule has 14 heavy (non-hydrogen) atoms. The maximum atomic E-state index is 10.9. The predicted octanol–water partition coefficient (Wildman–Crippen LogP) is 2.78. The van der Waals surface area contributed by atoms with E-state index in [1.54, 1.807) is 6.92 Å². The molecule has 1 aliphatic carbocycles. The summed E-state index contributed by atoms with van der Waals surface area (Å²) in [7, 11) is 0. The maximum Gasteiger partial charge on any atom is 0.311 e. The topological polar surface area (TPSA) is 46.5 Å². The summed E-state index contributed by atoms with van der Waals surface area (Å²) in [4.78, 5) is 10.9. The zero-order valence-electron chi connectivity index (χ0n) is 8.17. The Morgan fingerprint density at radius 3 is 2.21 bits per heavy atom. The minimum atomic E-state index is -0.864. The van der Waals surface area contributed by atoms with E-state index in [2.05, 4.69) is 0 Å². The van der Waals surface area contributed by atoms with Crippen LogP contribution in [0.25, 0.3) is 0 Å². The summed E-state index contributed by atoms with van der Waals surface area (Å²) >= 11 is 10.8. The van der Waals surface area contributed by atoms with E-state index in [0.29, 0.717) is 0 Å². The summed E-state index contributed by atoms with van der Waals surface area (Å²) in [5.41, 5.74) is -1.13. The molecule has 2 unspecified atom stereocenters. The molecule has 0 bridgehead atoms. The van der Waals surface area contributed by atoms with E-state index in [1.165, 1.54) is 6.26 Å². The van der Waals surface area contributed by atoms with Gasteiger partial charge in [0.05, 0.1) is 0 Å². The fraction of sp³-hybridized carbons (Fsp3) is 0.667. The van der Waals surface area contributed by atoms with Gasteiger partial charge in [-0.3, -0.25) is 4.79 Å². The number of carboxylic acids is 1. The number of rotatable bonds is 3. The number of hydrogen-bond acceptors (Lipinski definition) is 2. The summed E-state index contributed by atoms with van der Waals surface area (Å²) in [5, 5.41) is 8.92. The maximum absolute atomic E-state index is 10.9. The molecule has 0 radical (unpaired) electrons. The standard InChI is InChI=1S/C9H12Cl2O3/c1-8(2)6(7(12)13)9(8,3)14-4-5(10)11/h4,6H,1-3H3,(H,12,13). The number of aliphatic carboxylic acids is 1. The lowest BCUT2D eigenvalue weighted by atomic mass is 10.1. The van der Waals surface area contributed by atoms with E-state index in [0.717, 1.165) is 0 Å². The molecule has 1 fully saturated rings. The first kappa shape index (κ1) is 11.7. The van der Waals surface area contributed by atoms with Crippen molar-refractivity contribution in [1.29, 1.82) is 0 Å². The summed E-state index contributed by atoms with van der Waals surface area (Å²) < 4.78 is 5.27. The Kier molecular flexibility index (Phi) is 2.76. The second kappa shape index (κ2) is 3.31. The summed E-state index contributed by atoms with van der Waals surface area (Å²) in [6.45, 7) is 5.41. The van der Waals surface area contributed by atoms with Gasteiger partial charge in [-0.15, -0.1) is 0 Å². The van der Waals surface area contributed by atoms with Gasteiger partial charge < -0.3 is 9.84 Å². The second-order valence-corrected chi connectivity index (χ2v) is 5.13. The Bertz CT molecular complexity index is 294. The molecule has 80 valence electrons. The van der Waals surface area contributed by atoms with E-state index >= 15 is 0 Å². The third kappa shape index (κ3) is 1.59. The number of hydrogen-bond donors (Lipinski definition) is 1. The molecule has 0 saturated heterocycles. The number of carbonyl (C=O) groups is 1. The van der Waals surface area contributed by atoms with Crippen molar-refractivity contribution in [3.05, 3.63) is 10.8 Å². The number of carboxylic acid groups (broad SMARTS) is 1. The number of ether oxygens (including phenoxy) is 1. The Balaban J connectivity index is 2.78. The van der Waals surface area contributed by atoms with Crippen LogP contribution in [0, 0.1) is 11.3 Å². The van der Waals surface area contributed by atoms with E-state index in [9.17, 15) is 4.79 Å². The van der Waals surface area contributed by atoms with Crippen LogP contribution < -0.4 is 0 Å². The van der Waals surface area contributed by atoms with Crippen LogP contribution in [-0.2, 0) is 9.53 Å². The molecule has 1 saturated carbocycles. The van der Waals surface area contributed by atoms with Crippen LogP contribution in [0.1, 0.15) is 20.8 Å². The van der Waals surface area contributed by atoms with E-state index in [4.69, 9.17) is 33.0 Å². The van der Waals surface area contributed by atoms with Crippen LogP contribution in [0.2, 0.25) is 0 Å². The van der Waals surface area contributed by atoms with Crippen molar-refractivity contribution in [2.24, 2.45) is 11.3 Å². The second-order valence-electron chi connectivity index (χ2n) is 4.13. The molecule has 3 nitrogen and oxygen atoms in total. The zero-order chi connectivity index (χ0) is 11.1. The van der Waals surface area contributed by atoms with Gasteiger partial charge in [0.25, 0.3) is 0 Å². The van der Waals surface area contributed by atoms with Crippen molar-refractivity contribution in [2.45, 2.75) is 26.4 Å². The van der Waals surface area contributed by atoms with Gasteiger partial charge in [0.2, 0.25) is 0 Å². The number of halogens is 2. The molecule has 0 aromatic rings. The first-order valence-electron chi connectivity index (χ1n) is 4.15. The van der Waals surface area contributed by atoms with Crippen molar-refractivity contribution in [1.82, 2.24) is 0 Å². The highest BCUT2D eigenvalue weighted by atomic mass is 35.5. The molecule has 0 aromatic carbocycles. The largest absolute Gasteiger partial charge is 0.491 e. The van der Waals surface area contributed by atoms with Gasteiger partial charge in [0.15, 0.2) is 0 Å². The zero-order valence-corrected chi connectivity index (χ0v) is 9.69. The molecule has 5 heteroatoms. The van der Waals surface area contributed by atoms with Gasteiger partial charge in [-0.2, -0.15) is 0 Å². The average molecular weight is 239 g/mol.